The minimum Gasteiger partial charge on any atom is -0.365 e. The molecule has 3 N–H and O–H groups in total. The van der Waals surface area contributed by atoms with Crippen LogP contribution < -0.4 is 5.32 Å². The van der Waals surface area contributed by atoms with E-state index in [1.54, 1.807) is 12.4 Å². The molecular formula is C27H24N6. The number of aryl methyl sites for hydroxylation is 2. The number of H-pyrrole nitrogens is 1. The van der Waals surface area contributed by atoms with Crippen LogP contribution in [0.25, 0.3) is 33.2 Å². The number of anilines is 1. The first-order valence-corrected chi connectivity index (χ1v) is 11.4. The van der Waals surface area contributed by atoms with E-state index in [9.17, 15) is 0 Å². The molecule has 0 bridgehead atoms. The maximum absolute atomic E-state index is 7.78. The molecule has 5 aromatic rings. The molecule has 0 amide bonds. The summed E-state index contributed by atoms with van der Waals surface area (Å²) < 4.78 is 0. The highest BCUT2D eigenvalue weighted by molar-refractivity contribution is 5.89. The van der Waals surface area contributed by atoms with Crippen molar-refractivity contribution >= 4 is 33.8 Å². The van der Waals surface area contributed by atoms with Crippen LogP contribution in [0.2, 0.25) is 0 Å². The minimum atomic E-state index is 0.604. The van der Waals surface area contributed by atoms with Gasteiger partial charge in [0.2, 0.25) is 0 Å². The summed E-state index contributed by atoms with van der Waals surface area (Å²) in [5, 5.41) is 13.6. The van der Waals surface area contributed by atoms with Crippen LogP contribution in [0.1, 0.15) is 35.2 Å². The van der Waals surface area contributed by atoms with Gasteiger partial charge in [-0.25, -0.2) is 9.97 Å². The molecule has 0 aliphatic heterocycles. The van der Waals surface area contributed by atoms with Gasteiger partial charge < -0.3 is 15.7 Å². The minimum absolute atomic E-state index is 0.604. The van der Waals surface area contributed by atoms with Crippen LogP contribution >= 0.6 is 0 Å². The normalized spacial score (nSPS) is 13.2. The molecule has 0 saturated heterocycles. The number of nitrogens with one attached hydrogen (secondary N) is 3. The van der Waals surface area contributed by atoms with Gasteiger partial charge in [-0.1, -0.05) is 12.1 Å². The fourth-order valence-corrected chi connectivity index (χ4v) is 4.74. The van der Waals surface area contributed by atoms with Crippen molar-refractivity contribution in [1.29, 1.82) is 5.41 Å². The lowest BCUT2D eigenvalue weighted by molar-refractivity contribution is 0.680. The second-order valence-corrected chi connectivity index (χ2v) is 8.58. The summed E-state index contributed by atoms with van der Waals surface area (Å²) in [6.45, 7) is 0.604. The SMILES string of the molecule is N=Cc1cnc(-c2ccc3[nH]c4c(c3c2)CCCC4)nc1NCc1ccc2ncccc2c1. The number of aromatic nitrogens is 4. The van der Waals surface area contributed by atoms with E-state index in [0.29, 0.717) is 23.8 Å². The molecular weight excluding hydrogens is 408 g/mol. The van der Waals surface area contributed by atoms with Crippen molar-refractivity contribution in [3.8, 4) is 11.4 Å². The number of fused-ring (bicyclic) bond motifs is 4. The third-order valence-electron chi connectivity index (χ3n) is 6.46. The Balaban J connectivity index is 1.32. The van der Waals surface area contributed by atoms with Crippen molar-refractivity contribution in [2.24, 2.45) is 0 Å². The monoisotopic (exact) mass is 432 g/mol. The van der Waals surface area contributed by atoms with Crippen LogP contribution in [-0.4, -0.2) is 26.2 Å². The van der Waals surface area contributed by atoms with Crippen LogP contribution in [-0.2, 0) is 19.4 Å². The van der Waals surface area contributed by atoms with E-state index in [0.717, 1.165) is 34.9 Å². The van der Waals surface area contributed by atoms with Crippen LogP contribution in [0, 0.1) is 5.41 Å². The summed E-state index contributed by atoms with van der Waals surface area (Å²) in [5.41, 5.74) is 7.78. The lowest BCUT2D eigenvalue weighted by Gasteiger charge is -2.12. The van der Waals surface area contributed by atoms with E-state index >= 15 is 0 Å². The number of aromatic amines is 1. The van der Waals surface area contributed by atoms with E-state index in [1.807, 2.05) is 12.1 Å². The smallest absolute Gasteiger partial charge is 0.161 e. The molecule has 0 spiro atoms. The van der Waals surface area contributed by atoms with Crippen molar-refractivity contribution in [3.63, 3.8) is 0 Å². The van der Waals surface area contributed by atoms with Gasteiger partial charge in [0.25, 0.3) is 0 Å². The number of hydrogen-bond acceptors (Lipinski definition) is 5. The summed E-state index contributed by atoms with van der Waals surface area (Å²) >= 11 is 0. The summed E-state index contributed by atoms with van der Waals surface area (Å²) in [7, 11) is 0. The molecule has 2 aromatic carbocycles. The van der Waals surface area contributed by atoms with Gasteiger partial charge >= 0.3 is 0 Å². The molecule has 0 unspecified atom stereocenters. The Morgan fingerprint density at radius 3 is 2.91 bits per heavy atom. The zero-order valence-electron chi connectivity index (χ0n) is 18.2. The molecule has 33 heavy (non-hydrogen) atoms. The van der Waals surface area contributed by atoms with Crippen molar-refractivity contribution < 1.29 is 0 Å². The average molecular weight is 433 g/mol. The molecule has 1 aliphatic carbocycles. The lowest BCUT2D eigenvalue weighted by atomic mass is 9.95. The summed E-state index contributed by atoms with van der Waals surface area (Å²) in [6, 6.07) is 16.6. The van der Waals surface area contributed by atoms with Gasteiger partial charge in [-0.2, -0.15) is 0 Å². The van der Waals surface area contributed by atoms with Gasteiger partial charge in [0.05, 0.1) is 11.1 Å². The van der Waals surface area contributed by atoms with Crippen molar-refractivity contribution in [2.45, 2.75) is 32.2 Å². The van der Waals surface area contributed by atoms with Crippen LogP contribution in [0.4, 0.5) is 5.82 Å². The molecule has 0 atom stereocenters. The van der Waals surface area contributed by atoms with Crippen LogP contribution in [0.15, 0.2) is 60.9 Å². The Morgan fingerprint density at radius 2 is 1.97 bits per heavy atom. The second-order valence-electron chi connectivity index (χ2n) is 8.58. The fourth-order valence-electron chi connectivity index (χ4n) is 4.74. The van der Waals surface area contributed by atoms with E-state index in [1.165, 1.54) is 41.2 Å². The standard InChI is InChI=1S/C27H24N6/c28-14-20-16-31-26(19-8-10-25-22(13-19)21-5-1-2-6-24(21)32-25)33-27(20)30-15-17-7-9-23-18(12-17)4-3-11-29-23/h3-4,7-14,16,28,32H,1-2,5-6,15H2,(H,30,31,33). The van der Waals surface area contributed by atoms with Crippen molar-refractivity contribution in [2.75, 3.05) is 5.32 Å². The Labute approximate surface area is 191 Å². The molecule has 3 aromatic heterocycles. The first-order chi connectivity index (χ1) is 16.3. The van der Waals surface area contributed by atoms with Crippen LogP contribution in [0.5, 0.6) is 0 Å². The summed E-state index contributed by atoms with van der Waals surface area (Å²) in [5.74, 6) is 1.33. The molecule has 6 heteroatoms. The Hall–Kier alpha value is -4.06. The number of rotatable bonds is 5. The third kappa shape index (κ3) is 3.63. The summed E-state index contributed by atoms with van der Waals surface area (Å²) in [6.07, 6.45) is 9.57. The zero-order chi connectivity index (χ0) is 22.2. The largest absolute Gasteiger partial charge is 0.365 e. The van der Waals surface area contributed by atoms with Crippen molar-refractivity contribution in [1.82, 2.24) is 19.9 Å². The van der Waals surface area contributed by atoms with E-state index in [-0.39, 0.29) is 0 Å². The molecule has 162 valence electrons. The van der Waals surface area contributed by atoms with Gasteiger partial charge in [0.1, 0.15) is 5.82 Å². The number of nitrogens with zero attached hydrogens (tertiary/aromatic N) is 3. The molecule has 6 nitrogen and oxygen atoms in total. The van der Waals surface area contributed by atoms with Gasteiger partial charge in [-0.15, -0.1) is 0 Å². The number of benzene rings is 2. The highest BCUT2D eigenvalue weighted by Gasteiger charge is 2.16. The van der Waals surface area contributed by atoms with E-state index in [2.05, 4.69) is 56.7 Å². The molecule has 0 radical (unpaired) electrons. The quantitative estimate of drug-likeness (QED) is 0.313. The predicted molar refractivity (Wildman–Crippen MR) is 133 cm³/mol. The fraction of sp³-hybridized carbons (Fsp3) is 0.185. The van der Waals surface area contributed by atoms with Gasteiger partial charge in [0, 0.05) is 52.7 Å². The molecule has 6 rings (SSSR count). The Bertz CT molecular complexity index is 1500. The van der Waals surface area contributed by atoms with Crippen molar-refractivity contribution in [3.05, 3.63) is 83.3 Å². The van der Waals surface area contributed by atoms with Gasteiger partial charge in [-0.3, -0.25) is 4.98 Å². The predicted octanol–water partition coefficient (Wildman–Crippen LogP) is 5.66. The molecule has 3 heterocycles. The average Bonchev–Trinajstić information content (AvgIpc) is 3.25. The maximum Gasteiger partial charge on any atom is 0.161 e. The lowest BCUT2D eigenvalue weighted by Crippen LogP contribution is -2.06. The first-order valence-electron chi connectivity index (χ1n) is 11.4. The second kappa shape index (κ2) is 8.13. The van der Waals surface area contributed by atoms with Crippen LogP contribution in [0.3, 0.4) is 0 Å². The Morgan fingerprint density at radius 1 is 1.03 bits per heavy atom. The highest BCUT2D eigenvalue weighted by atomic mass is 15.0. The van der Waals surface area contributed by atoms with E-state index in [4.69, 9.17) is 10.4 Å². The Kier molecular flexibility index (Phi) is 4.83. The molecule has 0 fully saturated rings. The number of hydrogen-bond donors (Lipinski definition) is 3. The number of pyridine rings is 1. The highest BCUT2D eigenvalue weighted by Crippen LogP contribution is 2.32. The zero-order valence-corrected chi connectivity index (χ0v) is 18.2. The summed E-state index contributed by atoms with van der Waals surface area (Å²) in [4.78, 5) is 17.3. The van der Waals surface area contributed by atoms with Gasteiger partial charge in [-0.05, 0) is 73.2 Å². The topological polar surface area (TPSA) is 90.3 Å². The maximum atomic E-state index is 7.78. The van der Waals surface area contributed by atoms with E-state index < -0.39 is 0 Å². The molecule has 0 saturated carbocycles. The third-order valence-corrected chi connectivity index (χ3v) is 6.46. The van der Waals surface area contributed by atoms with Gasteiger partial charge in [0.15, 0.2) is 5.82 Å². The molecule has 1 aliphatic rings. The first kappa shape index (κ1) is 19.6.